The van der Waals surface area contributed by atoms with Gasteiger partial charge in [-0.1, -0.05) is 0 Å². The van der Waals surface area contributed by atoms with Crippen LogP contribution in [0.15, 0.2) is 18.2 Å². The van der Waals surface area contributed by atoms with Crippen LogP contribution in [0.5, 0.6) is 5.75 Å². The Hall–Kier alpha value is -1.82. The summed E-state index contributed by atoms with van der Waals surface area (Å²) in [6.45, 7) is 1.94. The molecule has 1 aromatic carbocycles. The molecule has 0 radical (unpaired) electrons. The lowest BCUT2D eigenvalue weighted by Gasteiger charge is -2.10. The van der Waals surface area contributed by atoms with E-state index in [1.807, 2.05) is 0 Å². The lowest BCUT2D eigenvalue weighted by atomic mass is 10.3. The second-order valence-electron chi connectivity index (χ2n) is 3.86. The third-order valence-electron chi connectivity index (χ3n) is 2.27. The van der Waals surface area contributed by atoms with E-state index in [-0.39, 0.29) is 5.69 Å². The number of amides is 2. The average Bonchev–Trinajstić information content (AvgIpc) is 2.31. The minimum absolute atomic E-state index is 0.0453. The van der Waals surface area contributed by atoms with Gasteiger partial charge in [0.2, 0.25) is 0 Å². The Balaban J connectivity index is 2.53. The van der Waals surface area contributed by atoms with Crippen LogP contribution in [0.4, 0.5) is 14.9 Å². The zero-order valence-electron chi connectivity index (χ0n) is 10.4. The first-order valence-electron chi connectivity index (χ1n) is 5.59. The molecule has 0 aliphatic carbocycles. The monoisotopic (exact) mass is 256 g/mol. The maximum absolute atomic E-state index is 13.4. The molecule has 0 aliphatic rings. The van der Waals surface area contributed by atoms with Gasteiger partial charge in [0, 0.05) is 12.6 Å². The molecule has 5 nitrogen and oxygen atoms in total. The van der Waals surface area contributed by atoms with Crippen molar-refractivity contribution in [3.8, 4) is 5.75 Å². The Morgan fingerprint density at radius 3 is 2.89 bits per heavy atom. The normalized spacial score (nSPS) is 11.8. The number of carbonyl (C=O) groups is 1. The predicted molar refractivity (Wildman–Crippen MR) is 66.3 cm³/mol. The molecule has 0 heterocycles. The topological polar surface area (TPSA) is 70.6 Å². The SMILES string of the molecule is COc1ccc(F)c(NC(=O)NCCC(C)O)c1. The summed E-state index contributed by atoms with van der Waals surface area (Å²) >= 11 is 0. The Kier molecular flexibility index (Phi) is 5.38. The van der Waals surface area contributed by atoms with E-state index in [1.54, 1.807) is 6.92 Å². The Morgan fingerprint density at radius 2 is 2.28 bits per heavy atom. The summed E-state index contributed by atoms with van der Waals surface area (Å²) in [5.41, 5.74) is 0.0453. The lowest BCUT2D eigenvalue weighted by molar-refractivity contribution is 0.184. The van der Waals surface area contributed by atoms with Gasteiger partial charge < -0.3 is 20.5 Å². The molecule has 100 valence electrons. The highest BCUT2D eigenvalue weighted by Crippen LogP contribution is 2.20. The molecular weight excluding hydrogens is 239 g/mol. The second kappa shape index (κ2) is 6.80. The summed E-state index contributed by atoms with van der Waals surface area (Å²) in [5, 5.41) is 13.9. The molecule has 2 amide bonds. The number of anilines is 1. The van der Waals surface area contributed by atoms with E-state index in [0.717, 1.165) is 0 Å². The van der Waals surface area contributed by atoms with Gasteiger partial charge in [-0.3, -0.25) is 0 Å². The molecular formula is C12H17FN2O3. The van der Waals surface area contributed by atoms with E-state index in [9.17, 15) is 9.18 Å². The highest BCUT2D eigenvalue weighted by Gasteiger charge is 2.08. The highest BCUT2D eigenvalue weighted by atomic mass is 19.1. The number of nitrogens with one attached hydrogen (secondary N) is 2. The largest absolute Gasteiger partial charge is 0.497 e. The molecule has 1 unspecified atom stereocenters. The van der Waals surface area contributed by atoms with Gasteiger partial charge in [0.15, 0.2) is 0 Å². The van der Waals surface area contributed by atoms with Crippen molar-refractivity contribution in [3.05, 3.63) is 24.0 Å². The van der Waals surface area contributed by atoms with Crippen molar-refractivity contribution in [3.63, 3.8) is 0 Å². The van der Waals surface area contributed by atoms with Crippen LogP contribution in [0.3, 0.4) is 0 Å². The van der Waals surface area contributed by atoms with Gasteiger partial charge in [0.25, 0.3) is 0 Å². The third kappa shape index (κ3) is 4.58. The molecule has 6 heteroatoms. The van der Waals surface area contributed by atoms with E-state index >= 15 is 0 Å². The Morgan fingerprint density at radius 1 is 1.56 bits per heavy atom. The fraction of sp³-hybridized carbons (Fsp3) is 0.417. The van der Waals surface area contributed by atoms with Crippen LogP contribution < -0.4 is 15.4 Å². The zero-order valence-corrected chi connectivity index (χ0v) is 10.4. The van der Waals surface area contributed by atoms with Gasteiger partial charge in [-0.25, -0.2) is 9.18 Å². The minimum atomic E-state index is -0.540. The first-order valence-corrected chi connectivity index (χ1v) is 5.59. The number of halogens is 1. The Labute approximate surface area is 105 Å². The number of hydrogen-bond acceptors (Lipinski definition) is 3. The highest BCUT2D eigenvalue weighted by molar-refractivity contribution is 5.89. The number of carbonyl (C=O) groups excluding carboxylic acids is 1. The van der Waals surface area contributed by atoms with Crippen LogP contribution in [-0.2, 0) is 0 Å². The number of urea groups is 1. The molecule has 18 heavy (non-hydrogen) atoms. The summed E-state index contributed by atoms with van der Waals surface area (Å²) in [5.74, 6) is -0.0860. The van der Waals surface area contributed by atoms with Crippen molar-refractivity contribution >= 4 is 11.7 Å². The number of rotatable bonds is 5. The average molecular weight is 256 g/mol. The molecule has 0 aliphatic heterocycles. The van der Waals surface area contributed by atoms with Crippen molar-refractivity contribution in [1.29, 1.82) is 0 Å². The molecule has 3 N–H and O–H groups in total. The minimum Gasteiger partial charge on any atom is -0.497 e. The summed E-state index contributed by atoms with van der Waals surface area (Å²) in [4.78, 5) is 11.4. The van der Waals surface area contributed by atoms with Gasteiger partial charge in [-0.15, -0.1) is 0 Å². The van der Waals surface area contributed by atoms with Crippen LogP contribution in [0.1, 0.15) is 13.3 Å². The van der Waals surface area contributed by atoms with Crippen LogP contribution in [-0.4, -0.2) is 30.9 Å². The number of methoxy groups -OCH3 is 1. The molecule has 0 saturated heterocycles. The molecule has 0 fully saturated rings. The molecule has 1 rings (SSSR count). The second-order valence-corrected chi connectivity index (χ2v) is 3.86. The fourth-order valence-corrected chi connectivity index (χ4v) is 1.29. The smallest absolute Gasteiger partial charge is 0.319 e. The van der Waals surface area contributed by atoms with Gasteiger partial charge in [-0.2, -0.15) is 0 Å². The van der Waals surface area contributed by atoms with Gasteiger partial charge in [0.05, 0.1) is 18.9 Å². The summed E-state index contributed by atoms with van der Waals surface area (Å²) < 4.78 is 18.3. The first-order chi connectivity index (χ1) is 8.52. The van der Waals surface area contributed by atoms with Gasteiger partial charge >= 0.3 is 6.03 Å². The summed E-state index contributed by atoms with van der Waals surface area (Å²) in [6.07, 6.45) is -0.0487. The summed E-state index contributed by atoms with van der Waals surface area (Å²) in [7, 11) is 1.46. The van der Waals surface area contributed by atoms with Crippen molar-refractivity contribution in [2.75, 3.05) is 19.0 Å². The lowest BCUT2D eigenvalue weighted by Crippen LogP contribution is -2.31. The zero-order chi connectivity index (χ0) is 13.5. The molecule has 0 spiro atoms. The predicted octanol–water partition coefficient (Wildman–Crippen LogP) is 1.73. The molecule has 0 aromatic heterocycles. The number of hydrogen-bond donors (Lipinski definition) is 3. The third-order valence-corrected chi connectivity index (χ3v) is 2.27. The van der Waals surface area contributed by atoms with E-state index in [4.69, 9.17) is 9.84 Å². The molecule has 0 bridgehead atoms. The van der Waals surface area contributed by atoms with Crippen LogP contribution in [0, 0.1) is 5.82 Å². The maximum atomic E-state index is 13.4. The first kappa shape index (κ1) is 14.2. The van der Waals surface area contributed by atoms with Crippen molar-refractivity contribution in [2.24, 2.45) is 0 Å². The van der Waals surface area contributed by atoms with Gasteiger partial charge in [-0.05, 0) is 25.5 Å². The van der Waals surface area contributed by atoms with Crippen molar-refractivity contribution < 1.29 is 19.0 Å². The van der Waals surface area contributed by atoms with E-state index in [0.29, 0.717) is 18.7 Å². The van der Waals surface area contributed by atoms with Crippen LogP contribution >= 0.6 is 0 Å². The maximum Gasteiger partial charge on any atom is 0.319 e. The number of aliphatic hydroxyl groups is 1. The number of benzene rings is 1. The van der Waals surface area contributed by atoms with Crippen LogP contribution in [0.25, 0.3) is 0 Å². The quantitative estimate of drug-likeness (QED) is 0.751. The van der Waals surface area contributed by atoms with Crippen LogP contribution in [0.2, 0.25) is 0 Å². The fourth-order valence-electron chi connectivity index (χ4n) is 1.29. The van der Waals surface area contributed by atoms with E-state index in [2.05, 4.69) is 10.6 Å². The molecule has 1 aromatic rings. The number of aliphatic hydroxyl groups excluding tert-OH is 1. The number of ether oxygens (including phenoxy) is 1. The van der Waals surface area contributed by atoms with E-state index in [1.165, 1.54) is 25.3 Å². The standard InChI is InChI=1S/C12H17FN2O3/c1-8(16)5-6-14-12(17)15-11-7-9(18-2)3-4-10(11)13/h3-4,7-8,16H,5-6H2,1-2H3,(H2,14,15,17). The Bertz CT molecular complexity index is 410. The van der Waals surface area contributed by atoms with E-state index < -0.39 is 18.0 Å². The van der Waals surface area contributed by atoms with Crippen molar-refractivity contribution in [2.45, 2.75) is 19.4 Å². The van der Waals surface area contributed by atoms with Gasteiger partial charge in [0.1, 0.15) is 11.6 Å². The molecule has 0 saturated carbocycles. The summed E-state index contributed by atoms with van der Waals surface area (Å²) in [6, 6.07) is 3.54. The van der Waals surface area contributed by atoms with Crippen molar-refractivity contribution in [1.82, 2.24) is 5.32 Å². The molecule has 1 atom stereocenters.